The molecule has 0 bridgehead atoms. The molecule has 2 aromatic rings. The van der Waals surface area contributed by atoms with Crippen molar-refractivity contribution in [2.75, 3.05) is 40.4 Å². The van der Waals surface area contributed by atoms with Gasteiger partial charge < -0.3 is 25.0 Å². The van der Waals surface area contributed by atoms with Crippen LogP contribution in [0.15, 0.2) is 59.8 Å². The van der Waals surface area contributed by atoms with Crippen molar-refractivity contribution in [1.82, 2.24) is 20.4 Å². The number of hydrogen-bond acceptors (Lipinski definition) is 7. The third-order valence-electron chi connectivity index (χ3n) is 8.11. The number of hydrogen-bond donors (Lipinski definition) is 2. The summed E-state index contributed by atoms with van der Waals surface area (Å²) in [6, 6.07) is 10.4. The molecule has 2 aliphatic rings. The number of carbonyl (C=O) groups excluding carboxylic acids is 4. The maximum absolute atomic E-state index is 14.2. The lowest BCUT2D eigenvalue weighted by Gasteiger charge is -2.40. The number of ether oxygens (including phenoxy) is 2. The number of allylic oxidation sites excluding steroid dienone is 1. The molecule has 4 amide bonds. The SMILES string of the molecule is CCC1=C(C(=O)NCCCN2CCC(C(=O)OC)(c3ccccc3)CC2)C(c2ccc(F)c(F)c2)N(C(=O)OC)C(=O)N1.[HH].[HH]. The monoisotopic (exact) mass is 602 g/mol. The van der Waals surface area contributed by atoms with Gasteiger partial charge in [-0.15, -0.1) is 0 Å². The van der Waals surface area contributed by atoms with E-state index in [0.717, 1.165) is 24.8 Å². The molecule has 0 saturated carbocycles. The Labute approximate surface area is 252 Å². The maximum Gasteiger partial charge on any atom is 0.418 e. The molecule has 0 aliphatic carbocycles. The van der Waals surface area contributed by atoms with Crippen molar-refractivity contribution in [1.29, 1.82) is 0 Å². The highest BCUT2D eigenvalue weighted by Gasteiger charge is 2.44. The lowest BCUT2D eigenvalue weighted by molar-refractivity contribution is -0.149. The first-order valence-corrected chi connectivity index (χ1v) is 14.2. The second kappa shape index (κ2) is 13.8. The average Bonchev–Trinajstić information content (AvgIpc) is 3.03. The molecule has 1 atom stereocenters. The van der Waals surface area contributed by atoms with E-state index in [0.29, 0.717) is 43.8 Å². The van der Waals surface area contributed by atoms with Crippen LogP contribution in [0.1, 0.15) is 52.6 Å². The second-order valence-corrected chi connectivity index (χ2v) is 10.5. The molecule has 2 aromatic carbocycles. The minimum absolute atomic E-state index is 0. The van der Waals surface area contributed by atoms with Crippen LogP contribution in [0.4, 0.5) is 18.4 Å². The normalized spacial score (nSPS) is 18.6. The molecule has 43 heavy (non-hydrogen) atoms. The summed E-state index contributed by atoms with van der Waals surface area (Å²) in [5, 5.41) is 5.40. The van der Waals surface area contributed by atoms with Crippen LogP contribution < -0.4 is 10.6 Å². The van der Waals surface area contributed by atoms with Gasteiger partial charge in [-0.2, -0.15) is 0 Å². The number of imide groups is 1. The Hall–Kier alpha value is -4.32. The third kappa shape index (κ3) is 6.53. The van der Waals surface area contributed by atoms with Gasteiger partial charge in [0.25, 0.3) is 5.91 Å². The number of nitrogens with zero attached hydrogens (tertiary/aromatic N) is 2. The number of carbonyl (C=O) groups is 4. The molecule has 1 fully saturated rings. The quantitative estimate of drug-likeness (QED) is 0.317. The molecule has 12 heteroatoms. The van der Waals surface area contributed by atoms with Crippen molar-refractivity contribution < 1.29 is 40.3 Å². The molecule has 0 spiro atoms. The Morgan fingerprint density at radius 3 is 2.35 bits per heavy atom. The fraction of sp³-hybridized carbons (Fsp3) is 0.419. The number of rotatable bonds is 9. The number of nitrogens with one attached hydrogen (secondary N) is 2. The van der Waals surface area contributed by atoms with Gasteiger partial charge in [0.1, 0.15) is 6.04 Å². The van der Waals surface area contributed by atoms with Crippen LogP contribution in [0.5, 0.6) is 0 Å². The number of esters is 1. The van der Waals surface area contributed by atoms with Crippen LogP contribution >= 0.6 is 0 Å². The lowest BCUT2D eigenvalue weighted by atomic mass is 9.72. The van der Waals surface area contributed by atoms with E-state index >= 15 is 0 Å². The zero-order valence-corrected chi connectivity index (χ0v) is 24.5. The fourth-order valence-corrected chi connectivity index (χ4v) is 5.81. The van der Waals surface area contributed by atoms with Gasteiger partial charge in [0.15, 0.2) is 11.6 Å². The Morgan fingerprint density at radius 1 is 1.05 bits per heavy atom. The van der Waals surface area contributed by atoms with Gasteiger partial charge >= 0.3 is 18.1 Å². The lowest BCUT2D eigenvalue weighted by Crippen LogP contribution is -2.52. The minimum Gasteiger partial charge on any atom is -0.468 e. The first-order valence-electron chi connectivity index (χ1n) is 14.2. The topological polar surface area (TPSA) is 117 Å². The predicted molar refractivity (Wildman–Crippen MR) is 157 cm³/mol. The summed E-state index contributed by atoms with van der Waals surface area (Å²) >= 11 is 0. The number of urea groups is 1. The number of piperidine rings is 1. The summed E-state index contributed by atoms with van der Waals surface area (Å²) < 4.78 is 37.9. The van der Waals surface area contributed by atoms with Gasteiger partial charge in [-0.3, -0.25) is 9.59 Å². The summed E-state index contributed by atoms with van der Waals surface area (Å²) in [6.07, 6.45) is 0.959. The van der Waals surface area contributed by atoms with E-state index in [9.17, 15) is 28.0 Å². The molecule has 1 saturated heterocycles. The van der Waals surface area contributed by atoms with Crippen molar-refractivity contribution in [2.45, 2.75) is 44.1 Å². The van der Waals surface area contributed by atoms with Gasteiger partial charge in [0, 0.05) is 15.1 Å². The Balaban J connectivity index is 0.00000353. The molecular weight excluding hydrogens is 562 g/mol. The van der Waals surface area contributed by atoms with E-state index in [2.05, 4.69) is 15.5 Å². The van der Waals surface area contributed by atoms with Crippen LogP contribution in [0.3, 0.4) is 0 Å². The summed E-state index contributed by atoms with van der Waals surface area (Å²) in [7, 11) is 2.48. The Kier molecular flexibility index (Phi) is 10.1. The van der Waals surface area contributed by atoms with E-state index in [1.807, 2.05) is 30.3 Å². The molecule has 234 valence electrons. The molecule has 0 aromatic heterocycles. The second-order valence-electron chi connectivity index (χ2n) is 10.5. The highest BCUT2D eigenvalue weighted by Crippen LogP contribution is 2.37. The molecule has 2 heterocycles. The van der Waals surface area contributed by atoms with Crippen molar-refractivity contribution >= 4 is 24.0 Å². The van der Waals surface area contributed by atoms with Crippen molar-refractivity contribution in [2.24, 2.45) is 0 Å². The van der Waals surface area contributed by atoms with Gasteiger partial charge in [-0.1, -0.05) is 43.3 Å². The van der Waals surface area contributed by atoms with Crippen LogP contribution in [-0.4, -0.2) is 74.2 Å². The summed E-state index contributed by atoms with van der Waals surface area (Å²) in [6.45, 7) is 3.99. The van der Waals surface area contributed by atoms with Crippen LogP contribution in [0, 0.1) is 11.6 Å². The minimum atomic E-state index is -1.34. The molecular formula is C31H40F2N4O6. The number of amides is 4. The Bertz CT molecular complexity index is 1400. The first-order chi connectivity index (χ1) is 20.7. The van der Waals surface area contributed by atoms with E-state index in [1.54, 1.807) is 6.92 Å². The molecule has 0 radical (unpaired) electrons. The van der Waals surface area contributed by atoms with Crippen LogP contribution in [0.2, 0.25) is 0 Å². The van der Waals surface area contributed by atoms with E-state index in [-0.39, 0.29) is 38.6 Å². The van der Waals surface area contributed by atoms with Gasteiger partial charge in [-0.05, 0) is 68.6 Å². The standard InChI is InChI=1S/C31H36F2N4O6.2H2/c1-4-24-25(26(20-11-12-22(32)23(33)19-20)37(29(40)35-24)30(41)43-3)27(38)34-15-8-16-36-17-13-31(14-18-36,28(39)42-2)21-9-6-5-7-10-21;;/h5-7,9-12,19,26H,4,8,13-18H2,1-3H3,(H,34,38)(H,35,40);2*1H. The summed E-state index contributed by atoms with van der Waals surface area (Å²) in [5.74, 6) is -3.10. The Morgan fingerprint density at radius 2 is 1.74 bits per heavy atom. The van der Waals surface area contributed by atoms with Crippen molar-refractivity contribution in [3.05, 3.63) is 82.6 Å². The van der Waals surface area contributed by atoms with Gasteiger partial charge in [0.05, 0.1) is 25.2 Å². The zero-order valence-electron chi connectivity index (χ0n) is 24.5. The largest absolute Gasteiger partial charge is 0.468 e. The van der Waals surface area contributed by atoms with Crippen molar-refractivity contribution in [3.8, 4) is 0 Å². The number of likely N-dealkylation sites (tertiary alicyclic amines) is 1. The summed E-state index contributed by atoms with van der Waals surface area (Å²) in [5.41, 5.74) is 0.562. The zero-order chi connectivity index (χ0) is 31.1. The van der Waals surface area contributed by atoms with Crippen LogP contribution in [0.25, 0.3) is 0 Å². The first kappa shape index (κ1) is 31.6. The number of halogens is 2. The van der Waals surface area contributed by atoms with Crippen LogP contribution in [-0.2, 0) is 24.5 Å². The molecule has 2 aliphatic heterocycles. The molecule has 1 unspecified atom stereocenters. The highest BCUT2D eigenvalue weighted by molar-refractivity contribution is 6.02. The predicted octanol–water partition coefficient (Wildman–Crippen LogP) is 4.67. The molecule has 10 nitrogen and oxygen atoms in total. The maximum atomic E-state index is 14.2. The van der Waals surface area contributed by atoms with E-state index < -0.39 is 41.1 Å². The number of benzene rings is 2. The smallest absolute Gasteiger partial charge is 0.418 e. The molecule has 2 N–H and O–H groups in total. The van der Waals surface area contributed by atoms with E-state index in [4.69, 9.17) is 9.47 Å². The fourth-order valence-electron chi connectivity index (χ4n) is 5.81. The third-order valence-corrected chi connectivity index (χ3v) is 8.11. The van der Waals surface area contributed by atoms with Gasteiger partial charge in [0.2, 0.25) is 0 Å². The van der Waals surface area contributed by atoms with Gasteiger partial charge in [-0.25, -0.2) is 23.3 Å². The highest BCUT2D eigenvalue weighted by atomic mass is 19.2. The summed E-state index contributed by atoms with van der Waals surface area (Å²) in [4.78, 5) is 54.7. The van der Waals surface area contributed by atoms with E-state index in [1.165, 1.54) is 13.2 Å². The average molecular weight is 603 g/mol. The number of methoxy groups -OCH3 is 2. The van der Waals surface area contributed by atoms with Crippen molar-refractivity contribution in [3.63, 3.8) is 0 Å². The molecule has 4 rings (SSSR count).